The van der Waals surface area contributed by atoms with Gasteiger partial charge in [0, 0.05) is 28.9 Å². The third kappa shape index (κ3) is 5.09. The average molecular weight is 477 g/mol. The van der Waals surface area contributed by atoms with E-state index in [1.54, 1.807) is 24.3 Å². The maximum Gasteiger partial charge on any atom is 0.424 e. The van der Waals surface area contributed by atoms with Crippen molar-refractivity contribution in [3.63, 3.8) is 0 Å². The van der Waals surface area contributed by atoms with Crippen LogP contribution < -0.4 is 23.5 Å². The summed E-state index contributed by atoms with van der Waals surface area (Å²) < 4.78 is 31.9. The minimum absolute atomic E-state index is 0.173. The predicted molar refractivity (Wildman–Crippen MR) is 120 cm³/mol. The van der Waals surface area contributed by atoms with Crippen molar-refractivity contribution >= 4 is 25.2 Å². The van der Waals surface area contributed by atoms with Crippen LogP contribution in [0.15, 0.2) is 36.7 Å². The van der Waals surface area contributed by atoms with Gasteiger partial charge in [-0.25, -0.2) is 4.89 Å². The molecule has 2 aromatic carbocycles. The van der Waals surface area contributed by atoms with Gasteiger partial charge in [-0.3, -0.25) is 9.78 Å². The summed E-state index contributed by atoms with van der Waals surface area (Å²) in [6.45, 7) is 2.16. The van der Waals surface area contributed by atoms with E-state index in [9.17, 15) is 9.69 Å². The highest BCUT2D eigenvalue weighted by Gasteiger charge is 2.23. The molecule has 0 saturated heterocycles. The molecule has 0 fully saturated rings. The minimum atomic E-state index is -2.41. The van der Waals surface area contributed by atoms with E-state index in [-0.39, 0.29) is 11.5 Å². The summed E-state index contributed by atoms with van der Waals surface area (Å²) in [7, 11) is 3.27. The molecule has 0 aliphatic heterocycles. The molecule has 176 valence electrons. The molecule has 0 aliphatic carbocycles. The summed E-state index contributed by atoms with van der Waals surface area (Å²) in [5, 5.41) is 0.975. The Labute approximate surface area is 191 Å². The standard InChI is InChI=1S/C22H24NO9P/c1-6-30-17-8-7-14-15(11-23-12-16(14)21(17)31-33(25)32-29-5)20(24)13-9-18(26-2)22(28-4)19(10-13)27-3/h7-12,25H,6H2,1-5H3. The van der Waals surface area contributed by atoms with Crippen molar-refractivity contribution in [3.8, 4) is 28.7 Å². The Kier molecular flexibility index (Phi) is 8.24. The van der Waals surface area contributed by atoms with Crippen molar-refractivity contribution in [2.24, 2.45) is 0 Å². The molecule has 1 N–H and O–H groups in total. The van der Waals surface area contributed by atoms with Crippen molar-refractivity contribution in [2.45, 2.75) is 6.92 Å². The van der Waals surface area contributed by atoms with Gasteiger partial charge in [0.2, 0.25) is 5.75 Å². The Morgan fingerprint density at radius 1 is 0.939 bits per heavy atom. The molecule has 1 atom stereocenters. The van der Waals surface area contributed by atoms with Crippen LogP contribution in [-0.2, 0) is 9.56 Å². The number of carbonyl (C=O) groups excluding carboxylic acids is 1. The SMILES string of the molecule is CCOc1ccc2c(C(=O)c3cc(OC)c(OC)c(OC)c3)cncc2c1OP(O)OOC. The number of pyridine rings is 1. The van der Waals surface area contributed by atoms with Gasteiger partial charge in [-0.2, -0.15) is 0 Å². The Hall–Kier alpha value is -3.17. The number of fused-ring (bicyclic) bond motifs is 1. The Balaban J connectivity index is 2.15. The number of hydrogen-bond donors (Lipinski definition) is 1. The van der Waals surface area contributed by atoms with E-state index in [4.69, 9.17) is 23.5 Å². The highest BCUT2D eigenvalue weighted by molar-refractivity contribution is 7.40. The first-order valence-corrected chi connectivity index (χ1v) is 10.9. The van der Waals surface area contributed by atoms with Gasteiger partial charge in [0.25, 0.3) is 0 Å². The van der Waals surface area contributed by atoms with Crippen LogP contribution >= 0.6 is 8.60 Å². The first-order valence-electron chi connectivity index (χ1n) is 9.74. The molecule has 0 bridgehead atoms. The van der Waals surface area contributed by atoms with E-state index in [2.05, 4.69) is 14.5 Å². The molecule has 0 spiro atoms. The average Bonchev–Trinajstić information content (AvgIpc) is 2.83. The molecule has 11 heteroatoms. The fourth-order valence-electron chi connectivity index (χ4n) is 3.27. The maximum atomic E-state index is 13.5. The van der Waals surface area contributed by atoms with Crippen LogP contribution in [0.2, 0.25) is 0 Å². The number of rotatable bonds is 11. The normalized spacial score (nSPS) is 11.7. The zero-order chi connectivity index (χ0) is 24.0. The fourth-order valence-corrected chi connectivity index (χ4v) is 3.77. The number of carbonyl (C=O) groups is 1. The minimum Gasteiger partial charge on any atom is -0.493 e. The lowest BCUT2D eigenvalue weighted by molar-refractivity contribution is -0.184. The number of aromatic nitrogens is 1. The highest BCUT2D eigenvalue weighted by Crippen LogP contribution is 2.45. The van der Waals surface area contributed by atoms with Gasteiger partial charge in [0.05, 0.1) is 35.0 Å². The van der Waals surface area contributed by atoms with Crippen molar-refractivity contribution in [2.75, 3.05) is 35.0 Å². The molecule has 1 heterocycles. The lowest BCUT2D eigenvalue weighted by Gasteiger charge is -2.17. The summed E-state index contributed by atoms with van der Waals surface area (Å²) in [4.78, 5) is 32.2. The van der Waals surface area contributed by atoms with E-state index in [0.717, 1.165) is 0 Å². The van der Waals surface area contributed by atoms with Crippen molar-refractivity contribution in [1.82, 2.24) is 4.98 Å². The van der Waals surface area contributed by atoms with Gasteiger partial charge < -0.3 is 28.4 Å². The number of methoxy groups -OCH3 is 3. The van der Waals surface area contributed by atoms with Gasteiger partial charge in [-0.1, -0.05) is 0 Å². The van der Waals surface area contributed by atoms with E-state index < -0.39 is 8.60 Å². The van der Waals surface area contributed by atoms with E-state index in [1.807, 2.05) is 6.92 Å². The Morgan fingerprint density at radius 3 is 2.21 bits per heavy atom. The van der Waals surface area contributed by atoms with Crippen LogP contribution in [0.25, 0.3) is 10.8 Å². The Morgan fingerprint density at radius 2 is 1.64 bits per heavy atom. The van der Waals surface area contributed by atoms with Gasteiger partial charge in [-0.05, 0) is 36.6 Å². The third-order valence-corrected chi connectivity index (χ3v) is 5.25. The fraction of sp³-hybridized carbons (Fsp3) is 0.273. The number of ether oxygens (including phenoxy) is 4. The van der Waals surface area contributed by atoms with Crippen LogP contribution in [0.5, 0.6) is 28.7 Å². The zero-order valence-electron chi connectivity index (χ0n) is 18.8. The van der Waals surface area contributed by atoms with Gasteiger partial charge in [0.15, 0.2) is 28.8 Å². The smallest absolute Gasteiger partial charge is 0.424 e. The molecule has 3 rings (SSSR count). The molecule has 0 radical (unpaired) electrons. The van der Waals surface area contributed by atoms with E-state index in [1.165, 1.54) is 40.8 Å². The summed E-state index contributed by atoms with van der Waals surface area (Å²) in [5.74, 6) is 1.26. The quantitative estimate of drug-likeness (QED) is 0.188. The third-order valence-electron chi connectivity index (χ3n) is 4.64. The maximum absolute atomic E-state index is 13.5. The topological polar surface area (TPSA) is 115 Å². The summed E-state index contributed by atoms with van der Waals surface area (Å²) in [6.07, 6.45) is 2.96. The molecular formula is C22H24NO9P. The monoisotopic (exact) mass is 477 g/mol. The highest BCUT2D eigenvalue weighted by atomic mass is 31.2. The largest absolute Gasteiger partial charge is 0.493 e. The van der Waals surface area contributed by atoms with Crippen LogP contribution in [0.3, 0.4) is 0 Å². The predicted octanol–water partition coefficient (Wildman–Crippen LogP) is 4.07. The number of nitrogens with zero attached hydrogens (tertiary/aromatic N) is 1. The number of hydrogen-bond acceptors (Lipinski definition) is 10. The molecule has 0 aliphatic rings. The summed E-state index contributed by atoms with van der Waals surface area (Å²) >= 11 is 0. The van der Waals surface area contributed by atoms with Crippen LogP contribution in [-0.4, -0.2) is 50.7 Å². The summed E-state index contributed by atoms with van der Waals surface area (Å²) in [5.41, 5.74) is 0.604. The van der Waals surface area contributed by atoms with Gasteiger partial charge >= 0.3 is 8.60 Å². The van der Waals surface area contributed by atoms with E-state index >= 15 is 0 Å². The van der Waals surface area contributed by atoms with Gasteiger partial charge in [-0.15, -0.1) is 4.67 Å². The molecule has 3 aromatic rings. The summed E-state index contributed by atoms with van der Waals surface area (Å²) in [6, 6.07) is 6.49. The van der Waals surface area contributed by atoms with Crippen molar-refractivity contribution < 1.29 is 42.7 Å². The Bertz CT molecular complexity index is 1110. The molecule has 0 saturated carbocycles. The molecule has 1 aromatic heterocycles. The lowest BCUT2D eigenvalue weighted by Crippen LogP contribution is -2.06. The molecule has 1 unspecified atom stereocenters. The van der Waals surface area contributed by atoms with Crippen LogP contribution in [0.1, 0.15) is 22.8 Å². The molecule has 33 heavy (non-hydrogen) atoms. The van der Waals surface area contributed by atoms with Crippen LogP contribution in [0, 0.1) is 0 Å². The first-order chi connectivity index (χ1) is 16.0. The zero-order valence-corrected chi connectivity index (χ0v) is 19.7. The number of ketones is 1. The van der Waals surface area contributed by atoms with E-state index in [0.29, 0.717) is 51.5 Å². The van der Waals surface area contributed by atoms with Crippen molar-refractivity contribution in [1.29, 1.82) is 0 Å². The number of benzene rings is 2. The second kappa shape index (κ2) is 11.1. The lowest BCUT2D eigenvalue weighted by atomic mass is 9.98. The first kappa shape index (κ1) is 24.5. The van der Waals surface area contributed by atoms with Gasteiger partial charge in [0.1, 0.15) is 0 Å². The van der Waals surface area contributed by atoms with Crippen LogP contribution in [0.4, 0.5) is 0 Å². The molecular weight excluding hydrogens is 453 g/mol. The molecule has 0 amide bonds. The second-order valence-corrected chi connectivity index (χ2v) is 7.23. The van der Waals surface area contributed by atoms with Crippen molar-refractivity contribution in [3.05, 3.63) is 47.8 Å². The second-order valence-electron chi connectivity index (χ2n) is 6.42. The molecule has 10 nitrogen and oxygen atoms in total.